The molecule has 1 N–H and O–H groups in total. The predicted octanol–water partition coefficient (Wildman–Crippen LogP) is 0.683. The first-order valence-electron chi connectivity index (χ1n) is 6.07. The van der Waals surface area contributed by atoms with Crippen molar-refractivity contribution in [3.8, 4) is 0 Å². The molecule has 0 spiro atoms. The number of aliphatic carboxylic acids is 1. The Labute approximate surface area is 118 Å². The summed E-state index contributed by atoms with van der Waals surface area (Å²) in [5.41, 5.74) is 0. The van der Waals surface area contributed by atoms with Gasteiger partial charge in [-0.05, 0) is 6.42 Å². The summed E-state index contributed by atoms with van der Waals surface area (Å²) < 4.78 is 4.94. The molecule has 0 saturated heterocycles. The molecule has 0 bridgehead atoms. The summed E-state index contributed by atoms with van der Waals surface area (Å²) in [7, 11) is 0. The van der Waals surface area contributed by atoms with E-state index in [1.807, 2.05) is 0 Å². The molecule has 0 aromatic rings. The molecule has 0 unspecified atom stereocenters. The Hall–Kier alpha value is 0.0274. The van der Waals surface area contributed by atoms with E-state index in [-0.39, 0.29) is 32.9 Å². The fourth-order valence-electron chi connectivity index (χ4n) is 1.50. The SMILES string of the molecule is CCCCCCCCCCOCC(=O)O.[CH3-].[Li+]. The van der Waals surface area contributed by atoms with Crippen molar-refractivity contribution in [2.75, 3.05) is 13.2 Å². The van der Waals surface area contributed by atoms with E-state index in [0.717, 1.165) is 12.8 Å². The molecule has 0 amide bonds. The largest absolute Gasteiger partial charge is 1.00 e. The van der Waals surface area contributed by atoms with Crippen LogP contribution in [0.1, 0.15) is 58.3 Å². The summed E-state index contributed by atoms with van der Waals surface area (Å²) in [6, 6.07) is 0. The number of carbonyl (C=O) groups is 1. The Morgan fingerprint density at radius 2 is 1.47 bits per heavy atom. The van der Waals surface area contributed by atoms with Gasteiger partial charge in [-0.3, -0.25) is 0 Å². The molecule has 0 aromatic carbocycles. The Kier molecular flexibility index (Phi) is 24.1. The maximum atomic E-state index is 10.1. The van der Waals surface area contributed by atoms with Crippen LogP contribution in [-0.4, -0.2) is 24.3 Å². The van der Waals surface area contributed by atoms with Gasteiger partial charge in [-0.25, -0.2) is 4.79 Å². The molecule has 0 aliphatic rings. The van der Waals surface area contributed by atoms with Gasteiger partial charge in [0.15, 0.2) is 0 Å². The normalized spacial score (nSPS) is 9.24. The Morgan fingerprint density at radius 3 is 1.94 bits per heavy atom. The zero-order valence-electron chi connectivity index (χ0n) is 11.8. The van der Waals surface area contributed by atoms with Crippen molar-refractivity contribution in [2.24, 2.45) is 0 Å². The van der Waals surface area contributed by atoms with Gasteiger partial charge in [0.2, 0.25) is 0 Å². The maximum absolute atomic E-state index is 10.1. The zero-order valence-corrected chi connectivity index (χ0v) is 11.8. The van der Waals surface area contributed by atoms with Crippen molar-refractivity contribution in [1.82, 2.24) is 0 Å². The minimum absolute atomic E-state index is 0. The monoisotopic (exact) mass is 238 g/mol. The van der Waals surface area contributed by atoms with Crippen molar-refractivity contribution in [2.45, 2.75) is 58.3 Å². The average Bonchev–Trinajstić information content (AvgIpc) is 2.20. The molecule has 0 radical (unpaired) electrons. The molecule has 0 fully saturated rings. The van der Waals surface area contributed by atoms with Gasteiger partial charge in [0.25, 0.3) is 0 Å². The third-order valence-electron chi connectivity index (χ3n) is 2.37. The first-order valence-corrected chi connectivity index (χ1v) is 6.07. The number of hydrogen-bond donors (Lipinski definition) is 1. The number of rotatable bonds is 11. The van der Waals surface area contributed by atoms with Crippen LogP contribution in [0, 0.1) is 7.43 Å². The maximum Gasteiger partial charge on any atom is 1.00 e. The molecule has 4 heteroatoms. The molecule has 0 heterocycles. The van der Waals surface area contributed by atoms with Crippen LogP contribution in [0.5, 0.6) is 0 Å². The van der Waals surface area contributed by atoms with Crippen LogP contribution in [0.2, 0.25) is 0 Å². The van der Waals surface area contributed by atoms with Gasteiger partial charge >= 0.3 is 24.8 Å². The van der Waals surface area contributed by atoms with Crippen molar-refractivity contribution < 1.29 is 33.5 Å². The molecular formula is C13H27LiO3. The third-order valence-corrected chi connectivity index (χ3v) is 2.37. The van der Waals surface area contributed by atoms with E-state index in [9.17, 15) is 4.79 Å². The van der Waals surface area contributed by atoms with Gasteiger partial charge in [0.05, 0.1) is 0 Å². The summed E-state index contributed by atoms with van der Waals surface area (Å²) >= 11 is 0. The third kappa shape index (κ3) is 21.8. The molecule has 0 aliphatic heterocycles. The minimum atomic E-state index is -0.880. The number of ether oxygens (including phenoxy) is 1. The van der Waals surface area contributed by atoms with Gasteiger partial charge < -0.3 is 17.3 Å². The molecule has 0 rings (SSSR count). The average molecular weight is 238 g/mol. The molecule has 0 atom stereocenters. The Morgan fingerprint density at radius 1 is 1.00 bits per heavy atom. The molecule has 0 saturated carbocycles. The zero-order chi connectivity index (χ0) is 11.4. The number of carboxylic acid groups (broad SMARTS) is 1. The van der Waals surface area contributed by atoms with Crippen molar-refractivity contribution in [3.63, 3.8) is 0 Å². The molecule has 3 nitrogen and oxygen atoms in total. The van der Waals surface area contributed by atoms with Crippen LogP contribution in [0.4, 0.5) is 0 Å². The van der Waals surface area contributed by atoms with E-state index in [0.29, 0.717) is 6.61 Å². The van der Waals surface area contributed by atoms with Crippen molar-refractivity contribution >= 4 is 5.97 Å². The van der Waals surface area contributed by atoms with E-state index >= 15 is 0 Å². The summed E-state index contributed by atoms with van der Waals surface area (Å²) in [5.74, 6) is -0.880. The quantitative estimate of drug-likeness (QED) is 0.327. The first kappa shape index (κ1) is 22.2. The van der Waals surface area contributed by atoms with Gasteiger partial charge in [-0.2, -0.15) is 0 Å². The number of unbranched alkanes of at least 4 members (excludes halogenated alkanes) is 7. The van der Waals surface area contributed by atoms with E-state index in [1.54, 1.807) is 0 Å². The van der Waals surface area contributed by atoms with E-state index in [4.69, 9.17) is 9.84 Å². The Balaban J connectivity index is -0.000000980. The molecule has 0 aromatic heterocycles. The van der Waals surface area contributed by atoms with Crippen LogP contribution in [0.25, 0.3) is 0 Å². The van der Waals surface area contributed by atoms with E-state index in [1.165, 1.54) is 38.5 Å². The van der Waals surface area contributed by atoms with Gasteiger partial charge in [-0.15, -0.1) is 0 Å². The van der Waals surface area contributed by atoms with Crippen LogP contribution >= 0.6 is 0 Å². The second kappa shape index (κ2) is 18.4. The van der Waals surface area contributed by atoms with Crippen LogP contribution < -0.4 is 18.9 Å². The van der Waals surface area contributed by atoms with Crippen LogP contribution in [0.3, 0.4) is 0 Å². The molecule has 17 heavy (non-hydrogen) atoms. The summed E-state index contributed by atoms with van der Waals surface area (Å²) in [6.45, 7) is 2.65. The molecule has 0 aliphatic carbocycles. The summed E-state index contributed by atoms with van der Waals surface area (Å²) in [6.07, 6.45) is 10.0. The van der Waals surface area contributed by atoms with Crippen molar-refractivity contribution in [1.29, 1.82) is 0 Å². The van der Waals surface area contributed by atoms with Crippen LogP contribution in [-0.2, 0) is 9.53 Å². The van der Waals surface area contributed by atoms with Crippen LogP contribution in [0.15, 0.2) is 0 Å². The summed E-state index contributed by atoms with van der Waals surface area (Å²) in [5, 5.41) is 8.31. The fraction of sp³-hybridized carbons (Fsp3) is 0.846. The topological polar surface area (TPSA) is 46.5 Å². The van der Waals surface area contributed by atoms with E-state index in [2.05, 4.69) is 6.92 Å². The summed E-state index contributed by atoms with van der Waals surface area (Å²) in [4.78, 5) is 10.1. The second-order valence-electron chi connectivity index (χ2n) is 3.92. The van der Waals surface area contributed by atoms with E-state index < -0.39 is 5.97 Å². The smallest absolute Gasteiger partial charge is 0.480 e. The van der Waals surface area contributed by atoms with Gasteiger partial charge in [0, 0.05) is 6.61 Å². The second-order valence-corrected chi connectivity index (χ2v) is 3.92. The molecular weight excluding hydrogens is 211 g/mol. The number of hydrogen-bond acceptors (Lipinski definition) is 2. The Bertz CT molecular complexity index is 152. The minimum Gasteiger partial charge on any atom is -0.480 e. The molecule has 98 valence electrons. The van der Waals surface area contributed by atoms with Gasteiger partial charge in [0.1, 0.15) is 6.61 Å². The fourth-order valence-corrected chi connectivity index (χ4v) is 1.50. The first-order chi connectivity index (χ1) is 7.27. The number of carboxylic acids is 1. The van der Waals surface area contributed by atoms with Crippen molar-refractivity contribution in [3.05, 3.63) is 7.43 Å². The predicted molar refractivity (Wildman–Crippen MR) is 67.5 cm³/mol. The standard InChI is InChI=1S/C12H24O3.CH3.Li/c1-2-3-4-5-6-7-8-9-10-15-11-12(13)14;;/h2-11H2,1H3,(H,13,14);1H3;/q;-1;+1. The van der Waals surface area contributed by atoms with Gasteiger partial charge in [-0.1, -0.05) is 51.9 Å².